The molecule has 1 fully saturated rings. The highest BCUT2D eigenvalue weighted by Gasteiger charge is 2.25. The predicted molar refractivity (Wildman–Crippen MR) is 67.2 cm³/mol. The maximum absolute atomic E-state index is 5.91. The van der Waals surface area contributed by atoms with E-state index in [0.717, 1.165) is 30.2 Å². The maximum Gasteiger partial charge on any atom is 0.119 e. The van der Waals surface area contributed by atoms with E-state index in [4.69, 9.17) is 16.3 Å². The molecule has 2 nitrogen and oxygen atoms in total. The molecule has 0 amide bonds. The van der Waals surface area contributed by atoms with Gasteiger partial charge in [-0.2, -0.15) is 0 Å². The van der Waals surface area contributed by atoms with Crippen molar-refractivity contribution in [1.29, 1.82) is 0 Å². The fraction of sp³-hybridized carbons (Fsp3) is 0.538. The highest BCUT2D eigenvalue weighted by atomic mass is 35.5. The first kappa shape index (κ1) is 11.7. The van der Waals surface area contributed by atoms with Gasteiger partial charge >= 0.3 is 0 Å². The molecule has 88 valence electrons. The van der Waals surface area contributed by atoms with Crippen molar-refractivity contribution in [1.82, 2.24) is 5.32 Å². The van der Waals surface area contributed by atoms with Gasteiger partial charge in [0.15, 0.2) is 0 Å². The van der Waals surface area contributed by atoms with Crippen molar-refractivity contribution in [3.63, 3.8) is 0 Å². The highest BCUT2D eigenvalue weighted by molar-refractivity contribution is 6.30. The topological polar surface area (TPSA) is 21.3 Å². The van der Waals surface area contributed by atoms with E-state index < -0.39 is 0 Å². The summed E-state index contributed by atoms with van der Waals surface area (Å²) in [4.78, 5) is 0. The van der Waals surface area contributed by atoms with Crippen LogP contribution in [0.3, 0.4) is 0 Å². The molecular formula is C13H18ClNO. The molecule has 1 aromatic carbocycles. The Morgan fingerprint density at radius 3 is 2.75 bits per heavy atom. The van der Waals surface area contributed by atoms with Crippen molar-refractivity contribution in [2.45, 2.75) is 38.3 Å². The lowest BCUT2D eigenvalue weighted by Gasteiger charge is -2.14. The number of halogens is 1. The van der Waals surface area contributed by atoms with E-state index in [2.05, 4.69) is 12.2 Å². The summed E-state index contributed by atoms with van der Waals surface area (Å²) in [6.07, 6.45) is 3.81. The van der Waals surface area contributed by atoms with Crippen LogP contribution in [0, 0.1) is 0 Å². The van der Waals surface area contributed by atoms with Crippen molar-refractivity contribution in [2.24, 2.45) is 0 Å². The van der Waals surface area contributed by atoms with Gasteiger partial charge in [0.05, 0.1) is 0 Å². The molecular weight excluding hydrogens is 222 g/mol. The monoisotopic (exact) mass is 239 g/mol. The molecule has 2 atom stereocenters. The quantitative estimate of drug-likeness (QED) is 0.871. The molecule has 1 aromatic rings. The van der Waals surface area contributed by atoms with E-state index in [9.17, 15) is 0 Å². The Bertz CT molecular complexity index is 325. The number of rotatable bonds is 4. The Kier molecular flexibility index (Phi) is 4.08. The van der Waals surface area contributed by atoms with Crippen LogP contribution in [0.15, 0.2) is 24.3 Å². The average Bonchev–Trinajstić information content (AvgIpc) is 2.70. The highest BCUT2D eigenvalue weighted by Crippen LogP contribution is 2.25. The van der Waals surface area contributed by atoms with Gasteiger partial charge in [-0.15, -0.1) is 0 Å². The number of benzene rings is 1. The summed E-state index contributed by atoms with van der Waals surface area (Å²) < 4.78 is 5.91. The summed E-state index contributed by atoms with van der Waals surface area (Å²) in [5.41, 5.74) is 0. The summed E-state index contributed by atoms with van der Waals surface area (Å²) in [5, 5.41) is 4.22. The van der Waals surface area contributed by atoms with E-state index >= 15 is 0 Å². The Morgan fingerprint density at radius 2 is 2.06 bits per heavy atom. The van der Waals surface area contributed by atoms with Gasteiger partial charge in [-0.1, -0.05) is 18.5 Å². The second kappa shape index (κ2) is 5.55. The van der Waals surface area contributed by atoms with Crippen LogP contribution in [0.4, 0.5) is 0 Å². The van der Waals surface area contributed by atoms with Gasteiger partial charge in [0.2, 0.25) is 0 Å². The largest absolute Gasteiger partial charge is 0.490 e. The average molecular weight is 240 g/mol. The molecule has 1 saturated carbocycles. The van der Waals surface area contributed by atoms with Crippen LogP contribution in [-0.4, -0.2) is 18.7 Å². The van der Waals surface area contributed by atoms with E-state index in [1.54, 1.807) is 0 Å². The molecule has 2 rings (SSSR count). The van der Waals surface area contributed by atoms with Crippen molar-refractivity contribution in [2.75, 3.05) is 6.54 Å². The van der Waals surface area contributed by atoms with E-state index in [-0.39, 0.29) is 0 Å². The molecule has 0 radical (unpaired) electrons. The zero-order chi connectivity index (χ0) is 11.4. The predicted octanol–water partition coefficient (Wildman–Crippen LogP) is 3.25. The molecule has 0 heterocycles. The number of hydrogen-bond acceptors (Lipinski definition) is 2. The Hall–Kier alpha value is -0.730. The fourth-order valence-corrected chi connectivity index (χ4v) is 2.35. The summed E-state index contributed by atoms with van der Waals surface area (Å²) in [5.74, 6) is 0.923. The second-order valence-corrected chi connectivity index (χ2v) is 4.70. The Balaban J connectivity index is 1.84. The SMILES string of the molecule is CCNC1CCC(Oc2ccc(Cl)cc2)C1. The van der Waals surface area contributed by atoms with Crippen LogP contribution < -0.4 is 10.1 Å². The first-order valence-corrected chi connectivity index (χ1v) is 6.31. The third-order valence-corrected chi connectivity index (χ3v) is 3.25. The summed E-state index contributed by atoms with van der Waals surface area (Å²) in [7, 11) is 0. The van der Waals surface area contributed by atoms with E-state index in [1.807, 2.05) is 24.3 Å². The van der Waals surface area contributed by atoms with Crippen molar-refractivity contribution >= 4 is 11.6 Å². The van der Waals surface area contributed by atoms with E-state index in [0.29, 0.717) is 12.1 Å². The first-order chi connectivity index (χ1) is 7.78. The molecule has 16 heavy (non-hydrogen) atoms. The molecule has 1 aliphatic rings. The standard InChI is InChI=1S/C13H18ClNO/c1-2-15-11-5-8-13(9-11)16-12-6-3-10(14)4-7-12/h3-4,6-7,11,13,15H,2,5,8-9H2,1H3. The minimum atomic E-state index is 0.352. The maximum atomic E-state index is 5.91. The lowest BCUT2D eigenvalue weighted by atomic mass is 10.2. The molecule has 0 bridgehead atoms. The normalized spacial score (nSPS) is 24.6. The molecule has 1 N–H and O–H groups in total. The summed E-state index contributed by atoms with van der Waals surface area (Å²) in [6, 6.07) is 8.23. The van der Waals surface area contributed by atoms with Crippen LogP contribution in [-0.2, 0) is 0 Å². The lowest BCUT2D eigenvalue weighted by Crippen LogP contribution is -2.27. The Labute approximate surface area is 102 Å². The number of nitrogens with one attached hydrogen (secondary N) is 1. The smallest absolute Gasteiger partial charge is 0.119 e. The van der Waals surface area contributed by atoms with Crippen molar-refractivity contribution in [3.05, 3.63) is 29.3 Å². The van der Waals surface area contributed by atoms with Gasteiger partial charge in [-0.3, -0.25) is 0 Å². The zero-order valence-corrected chi connectivity index (χ0v) is 10.3. The lowest BCUT2D eigenvalue weighted by molar-refractivity contribution is 0.206. The van der Waals surface area contributed by atoms with Crippen molar-refractivity contribution < 1.29 is 4.74 Å². The van der Waals surface area contributed by atoms with Gasteiger partial charge in [0, 0.05) is 11.1 Å². The summed E-state index contributed by atoms with van der Waals surface area (Å²) in [6.45, 7) is 3.19. The van der Waals surface area contributed by atoms with Gasteiger partial charge in [-0.25, -0.2) is 0 Å². The first-order valence-electron chi connectivity index (χ1n) is 5.93. The van der Waals surface area contributed by atoms with Gasteiger partial charge < -0.3 is 10.1 Å². The minimum Gasteiger partial charge on any atom is -0.490 e. The summed E-state index contributed by atoms with van der Waals surface area (Å²) >= 11 is 5.83. The molecule has 0 saturated heterocycles. The van der Waals surface area contributed by atoms with Gasteiger partial charge in [-0.05, 0) is 50.1 Å². The number of hydrogen-bond donors (Lipinski definition) is 1. The third-order valence-electron chi connectivity index (χ3n) is 2.99. The third kappa shape index (κ3) is 3.13. The molecule has 0 spiro atoms. The van der Waals surface area contributed by atoms with Crippen molar-refractivity contribution in [3.8, 4) is 5.75 Å². The molecule has 3 heteroatoms. The van der Waals surface area contributed by atoms with E-state index in [1.165, 1.54) is 6.42 Å². The van der Waals surface area contributed by atoms with Crippen LogP contribution >= 0.6 is 11.6 Å². The second-order valence-electron chi connectivity index (χ2n) is 4.26. The minimum absolute atomic E-state index is 0.352. The zero-order valence-electron chi connectivity index (χ0n) is 9.58. The molecule has 0 aliphatic heterocycles. The molecule has 1 aliphatic carbocycles. The number of ether oxygens (including phenoxy) is 1. The van der Waals surface area contributed by atoms with Crippen LogP contribution in [0.25, 0.3) is 0 Å². The van der Waals surface area contributed by atoms with Crippen LogP contribution in [0.2, 0.25) is 5.02 Å². The van der Waals surface area contributed by atoms with Crippen LogP contribution in [0.1, 0.15) is 26.2 Å². The molecule has 0 aromatic heterocycles. The van der Waals surface area contributed by atoms with Gasteiger partial charge in [0.1, 0.15) is 11.9 Å². The van der Waals surface area contributed by atoms with Crippen LogP contribution in [0.5, 0.6) is 5.75 Å². The van der Waals surface area contributed by atoms with Gasteiger partial charge in [0.25, 0.3) is 0 Å². The Morgan fingerprint density at radius 1 is 1.31 bits per heavy atom. The fourth-order valence-electron chi connectivity index (χ4n) is 2.23. The molecule has 2 unspecified atom stereocenters.